The molecule has 29 heavy (non-hydrogen) atoms. The van der Waals surface area contributed by atoms with Crippen LogP contribution in [0.5, 0.6) is 5.75 Å². The lowest BCUT2D eigenvalue weighted by atomic mass is 9.95. The lowest BCUT2D eigenvalue weighted by molar-refractivity contribution is -0.123. The molecule has 6 heteroatoms. The summed E-state index contributed by atoms with van der Waals surface area (Å²) in [6.45, 7) is 4.82. The highest BCUT2D eigenvalue weighted by Crippen LogP contribution is 2.17. The molecule has 1 saturated carbocycles. The van der Waals surface area contributed by atoms with Crippen molar-refractivity contribution in [1.82, 2.24) is 15.1 Å². The predicted octanol–water partition coefficient (Wildman–Crippen LogP) is 2.06. The molecule has 162 valence electrons. The average Bonchev–Trinajstić information content (AvgIpc) is 2.75. The highest BCUT2D eigenvalue weighted by molar-refractivity contribution is 5.78. The number of piperazine rings is 1. The van der Waals surface area contributed by atoms with E-state index in [4.69, 9.17) is 4.74 Å². The topological polar surface area (TPSA) is 65.0 Å². The molecular formula is C23H37N3O3. The van der Waals surface area contributed by atoms with Gasteiger partial charge in [0.2, 0.25) is 5.91 Å². The van der Waals surface area contributed by atoms with Gasteiger partial charge < -0.3 is 15.2 Å². The van der Waals surface area contributed by atoms with Crippen molar-refractivity contribution in [3.05, 3.63) is 29.8 Å². The van der Waals surface area contributed by atoms with E-state index in [1.807, 2.05) is 12.1 Å². The SMILES string of the molecule is COc1ccc(CCC(O)CN2CCN(CC(=O)NC3CCCCC3)CC2)cc1. The van der Waals surface area contributed by atoms with Crippen LogP contribution in [0.25, 0.3) is 0 Å². The monoisotopic (exact) mass is 403 g/mol. The van der Waals surface area contributed by atoms with Gasteiger partial charge >= 0.3 is 0 Å². The van der Waals surface area contributed by atoms with Gasteiger partial charge in [0.05, 0.1) is 19.8 Å². The van der Waals surface area contributed by atoms with Crippen molar-refractivity contribution in [3.63, 3.8) is 0 Å². The normalized spacial score (nSPS) is 20.3. The van der Waals surface area contributed by atoms with E-state index in [9.17, 15) is 9.90 Å². The molecule has 0 radical (unpaired) electrons. The van der Waals surface area contributed by atoms with Crippen LogP contribution in [0.2, 0.25) is 0 Å². The van der Waals surface area contributed by atoms with Crippen molar-refractivity contribution in [2.45, 2.75) is 57.1 Å². The highest BCUT2D eigenvalue weighted by atomic mass is 16.5. The fourth-order valence-corrected chi connectivity index (χ4v) is 4.37. The van der Waals surface area contributed by atoms with Crippen LogP contribution in [-0.4, -0.2) is 79.3 Å². The van der Waals surface area contributed by atoms with Gasteiger partial charge in [-0.2, -0.15) is 0 Å². The van der Waals surface area contributed by atoms with Gasteiger partial charge in [0, 0.05) is 38.8 Å². The first-order valence-corrected chi connectivity index (χ1v) is 11.2. The summed E-state index contributed by atoms with van der Waals surface area (Å²) in [7, 11) is 1.67. The minimum absolute atomic E-state index is 0.171. The molecule has 2 N–H and O–H groups in total. The van der Waals surface area contributed by atoms with Crippen molar-refractivity contribution in [2.24, 2.45) is 0 Å². The summed E-state index contributed by atoms with van der Waals surface area (Å²) in [5.74, 6) is 1.03. The first-order valence-electron chi connectivity index (χ1n) is 11.2. The molecule has 6 nitrogen and oxygen atoms in total. The first-order chi connectivity index (χ1) is 14.1. The van der Waals surface area contributed by atoms with Crippen LogP contribution >= 0.6 is 0 Å². The van der Waals surface area contributed by atoms with Gasteiger partial charge in [0.15, 0.2) is 0 Å². The summed E-state index contributed by atoms with van der Waals surface area (Å²) >= 11 is 0. The minimum atomic E-state index is -0.321. The molecule has 0 spiro atoms. The molecule has 1 saturated heterocycles. The molecule has 1 unspecified atom stereocenters. The Kier molecular flexibility index (Phi) is 8.77. The Hall–Kier alpha value is -1.63. The van der Waals surface area contributed by atoms with Gasteiger partial charge in [-0.1, -0.05) is 31.4 Å². The van der Waals surface area contributed by atoms with Crippen LogP contribution in [0.4, 0.5) is 0 Å². The molecule has 1 atom stereocenters. The molecule has 3 rings (SSSR count). The Morgan fingerprint density at radius 3 is 2.41 bits per heavy atom. The van der Waals surface area contributed by atoms with Gasteiger partial charge in [-0.05, 0) is 43.4 Å². The third-order valence-electron chi connectivity index (χ3n) is 6.20. The number of rotatable bonds is 9. The van der Waals surface area contributed by atoms with Gasteiger partial charge in [-0.3, -0.25) is 14.6 Å². The van der Waals surface area contributed by atoms with E-state index in [0.29, 0.717) is 19.1 Å². The Bertz CT molecular complexity index is 608. The molecule has 1 heterocycles. The summed E-state index contributed by atoms with van der Waals surface area (Å²) in [5, 5.41) is 13.6. The lowest BCUT2D eigenvalue weighted by Crippen LogP contribution is -2.51. The van der Waals surface area contributed by atoms with Crippen LogP contribution in [0, 0.1) is 0 Å². The zero-order valence-electron chi connectivity index (χ0n) is 17.8. The number of aliphatic hydroxyl groups is 1. The quantitative estimate of drug-likeness (QED) is 0.661. The number of carbonyl (C=O) groups excluding carboxylic acids is 1. The average molecular weight is 404 g/mol. The smallest absolute Gasteiger partial charge is 0.234 e. The van der Waals surface area contributed by atoms with Crippen molar-refractivity contribution in [2.75, 3.05) is 46.4 Å². The molecule has 0 aromatic heterocycles. The van der Waals surface area contributed by atoms with E-state index < -0.39 is 0 Å². The largest absolute Gasteiger partial charge is 0.497 e. The van der Waals surface area contributed by atoms with Crippen molar-refractivity contribution in [1.29, 1.82) is 0 Å². The molecule has 1 amide bonds. The zero-order chi connectivity index (χ0) is 20.5. The molecule has 2 aliphatic rings. The minimum Gasteiger partial charge on any atom is -0.497 e. The summed E-state index contributed by atoms with van der Waals surface area (Å²) < 4.78 is 5.18. The van der Waals surface area contributed by atoms with E-state index >= 15 is 0 Å². The summed E-state index contributed by atoms with van der Waals surface area (Å²) in [5.41, 5.74) is 1.22. The Morgan fingerprint density at radius 2 is 1.76 bits per heavy atom. The van der Waals surface area contributed by atoms with Gasteiger partial charge in [0.25, 0.3) is 0 Å². The van der Waals surface area contributed by atoms with Gasteiger partial charge in [-0.15, -0.1) is 0 Å². The standard InChI is InChI=1S/C23H37N3O3/c1-29-22-11-8-19(9-12-22)7-10-21(27)17-25-13-15-26(16-14-25)18-23(28)24-20-5-3-2-4-6-20/h8-9,11-12,20-21,27H,2-7,10,13-18H2,1H3,(H,24,28). The lowest BCUT2D eigenvalue weighted by Gasteiger charge is -2.35. The van der Waals surface area contributed by atoms with E-state index in [1.54, 1.807) is 7.11 Å². The zero-order valence-corrected chi connectivity index (χ0v) is 17.8. The predicted molar refractivity (Wildman–Crippen MR) is 115 cm³/mol. The molecular weight excluding hydrogens is 366 g/mol. The molecule has 1 aromatic rings. The number of carbonyl (C=O) groups is 1. The fraction of sp³-hybridized carbons (Fsp3) is 0.696. The van der Waals surface area contributed by atoms with Crippen molar-refractivity contribution < 1.29 is 14.6 Å². The summed E-state index contributed by atoms with van der Waals surface area (Å²) in [4.78, 5) is 16.8. The Balaban J connectivity index is 1.29. The number of amides is 1. The molecule has 0 bridgehead atoms. The Morgan fingerprint density at radius 1 is 1.10 bits per heavy atom. The maximum atomic E-state index is 12.3. The maximum absolute atomic E-state index is 12.3. The fourth-order valence-electron chi connectivity index (χ4n) is 4.37. The van der Waals surface area contributed by atoms with E-state index in [-0.39, 0.29) is 12.0 Å². The third kappa shape index (κ3) is 7.61. The van der Waals surface area contributed by atoms with Crippen LogP contribution in [0.15, 0.2) is 24.3 Å². The van der Waals surface area contributed by atoms with Crippen molar-refractivity contribution >= 4 is 5.91 Å². The van der Waals surface area contributed by atoms with Crippen LogP contribution in [0.1, 0.15) is 44.1 Å². The van der Waals surface area contributed by atoms with Crippen LogP contribution in [-0.2, 0) is 11.2 Å². The van der Waals surface area contributed by atoms with E-state index in [0.717, 1.165) is 57.6 Å². The first kappa shape index (κ1) is 22.1. The highest BCUT2D eigenvalue weighted by Gasteiger charge is 2.22. The second kappa shape index (κ2) is 11.5. The number of hydrogen-bond donors (Lipinski definition) is 2. The van der Waals surface area contributed by atoms with E-state index in [1.165, 1.54) is 24.8 Å². The van der Waals surface area contributed by atoms with E-state index in [2.05, 4.69) is 27.2 Å². The molecule has 1 aliphatic heterocycles. The maximum Gasteiger partial charge on any atom is 0.234 e. The second-order valence-corrected chi connectivity index (χ2v) is 8.52. The van der Waals surface area contributed by atoms with Crippen molar-refractivity contribution in [3.8, 4) is 5.75 Å². The number of nitrogens with one attached hydrogen (secondary N) is 1. The number of aliphatic hydroxyl groups excluding tert-OH is 1. The van der Waals surface area contributed by atoms with Gasteiger partial charge in [-0.25, -0.2) is 0 Å². The number of β-amino-alcohol motifs (C(OH)–C–C–N with tert-alkyl or cyclic N) is 1. The second-order valence-electron chi connectivity index (χ2n) is 8.52. The molecule has 1 aliphatic carbocycles. The Labute approximate surface area is 175 Å². The number of methoxy groups -OCH3 is 1. The summed E-state index contributed by atoms with van der Waals surface area (Å²) in [6.07, 6.45) is 7.36. The van der Waals surface area contributed by atoms with Gasteiger partial charge in [0.1, 0.15) is 5.75 Å². The number of benzene rings is 1. The molecule has 2 fully saturated rings. The van der Waals surface area contributed by atoms with Crippen LogP contribution in [0.3, 0.4) is 0 Å². The number of ether oxygens (including phenoxy) is 1. The summed E-state index contributed by atoms with van der Waals surface area (Å²) in [6, 6.07) is 8.43. The molecule has 1 aromatic carbocycles. The number of hydrogen-bond acceptors (Lipinski definition) is 5. The number of nitrogens with zero attached hydrogens (tertiary/aromatic N) is 2. The van der Waals surface area contributed by atoms with Crippen LogP contribution < -0.4 is 10.1 Å². The number of aryl methyl sites for hydroxylation is 1. The third-order valence-corrected chi connectivity index (χ3v) is 6.20.